The Morgan fingerprint density at radius 2 is 1.82 bits per heavy atom. The molecule has 5 rings (SSSR count). The predicted octanol–water partition coefficient (Wildman–Crippen LogP) is 5.08. The lowest BCUT2D eigenvalue weighted by Crippen LogP contribution is -2.24. The van der Waals surface area contributed by atoms with Crippen LogP contribution in [0, 0.1) is 35.3 Å². The van der Waals surface area contributed by atoms with Crippen molar-refractivity contribution < 1.29 is 8.78 Å². The van der Waals surface area contributed by atoms with Gasteiger partial charge in [-0.2, -0.15) is 19.6 Å². The Bertz CT molecular complexity index is 1180. The normalized spacial score (nSPS) is 22.6. The molecule has 4 atom stereocenters. The van der Waals surface area contributed by atoms with Crippen molar-refractivity contribution in [2.75, 3.05) is 18.4 Å². The number of nitrogens with zero attached hydrogens (tertiary/aromatic N) is 4. The highest BCUT2D eigenvalue weighted by molar-refractivity contribution is 6.33. The van der Waals surface area contributed by atoms with E-state index >= 15 is 8.78 Å². The van der Waals surface area contributed by atoms with Gasteiger partial charge in [-0.3, -0.25) is 0 Å². The van der Waals surface area contributed by atoms with Crippen LogP contribution in [-0.2, 0) is 0 Å². The number of allylic oxidation sites excluding steroid dienone is 1. The van der Waals surface area contributed by atoms with Gasteiger partial charge in [0.25, 0.3) is 5.78 Å². The van der Waals surface area contributed by atoms with Gasteiger partial charge < -0.3 is 10.6 Å². The lowest BCUT2D eigenvalue weighted by molar-refractivity contribution is 0.556. The molecule has 1 saturated heterocycles. The van der Waals surface area contributed by atoms with Gasteiger partial charge in [0.2, 0.25) is 0 Å². The number of nitrogens with one attached hydrogen (secondary N) is 2. The fourth-order valence-electron chi connectivity index (χ4n) is 4.46. The highest BCUT2D eigenvalue weighted by Crippen LogP contribution is 2.49. The van der Waals surface area contributed by atoms with E-state index in [1.165, 1.54) is 23.0 Å². The molecule has 0 bridgehead atoms. The van der Waals surface area contributed by atoms with E-state index < -0.39 is 11.6 Å². The molecule has 1 aliphatic heterocycles. The molecule has 176 valence electrons. The molecule has 3 aromatic rings. The van der Waals surface area contributed by atoms with E-state index in [4.69, 9.17) is 11.6 Å². The van der Waals surface area contributed by atoms with Crippen LogP contribution < -0.4 is 10.6 Å². The fraction of sp³-hybridized carbons (Fsp3) is 0.435. The van der Waals surface area contributed by atoms with Crippen molar-refractivity contribution in [2.24, 2.45) is 23.7 Å². The van der Waals surface area contributed by atoms with E-state index in [9.17, 15) is 0 Å². The summed E-state index contributed by atoms with van der Waals surface area (Å²) in [6.07, 6.45) is 5.20. The topological polar surface area (TPSA) is 67.1 Å². The van der Waals surface area contributed by atoms with E-state index in [2.05, 4.69) is 31.8 Å². The Hall–Kier alpha value is -2.29. The summed E-state index contributed by atoms with van der Waals surface area (Å²) in [6, 6.07) is 2.66. The quantitative estimate of drug-likeness (QED) is 0.467. The second-order valence-corrected chi connectivity index (χ2v) is 9.42. The molecule has 2 aliphatic rings. The highest BCUT2D eigenvalue weighted by Gasteiger charge is 2.50. The van der Waals surface area contributed by atoms with Gasteiger partial charge in [0.1, 0.15) is 28.9 Å². The third kappa shape index (κ3) is 4.32. The van der Waals surface area contributed by atoms with Crippen molar-refractivity contribution in [1.29, 1.82) is 0 Å². The average molecular weight is 495 g/mol. The van der Waals surface area contributed by atoms with Crippen LogP contribution in [0.3, 0.4) is 0 Å². The van der Waals surface area contributed by atoms with Crippen LogP contribution >= 0.6 is 24.0 Å². The van der Waals surface area contributed by atoms with Crippen molar-refractivity contribution in [1.82, 2.24) is 24.9 Å². The van der Waals surface area contributed by atoms with Gasteiger partial charge in [0.05, 0.1) is 11.1 Å². The van der Waals surface area contributed by atoms with E-state index in [1.54, 1.807) is 6.08 Å². The lowest BCUT2D eigenvalue weighted by atomic mass is 10.0. The first-order valence-corrected chi connectivity index (χ1v) is 11.3. The third-order valence-corrected chi connectivity index (χ3v) is 7.00. The number of hydrogen-bond acceptors (Lipinski definition) is 5. The van der Waals surface area contributed by atoms with Crippen LogP contribution in [0.4, 0.5) is 14.6 Å². The second-order valence-electron chi connectivity index (χ2n) is 9.06. The maximum Gasteiger partial charge on any atom is 0.255 e. The van der Waals surface area contributed by atoms with Crippen molar-refractivity contribution in [3.05, 3.63) is 46.9 Å². The Kier molecular flexibility index (Phi) is 6.62. The molecule has 0 radical (unpaired) electrons. The van der Waals surface area contributed by atoms with Crippen LogP contribution in [0.25, 0.3) is 23.0 Å². The first kappa shape index (κ1) is 23.9. The standard InChI is InChI=1S/C23H25ClF2N6.ClH/c1-11(2)12(3)30-22-20(21(24)31-23-28-10-29-32(22)23)19-17(25)6-13(7-18(19)26)4-5-14-15-8-27-9-16(14)15;/h4-7,10-12,14-16,27,30H,8-9H2,1-3H3;1H/b5-4+;/t12-,14?,15-,16+;/m1./s1. The summed E-state index contributed by atoms with van der Waals surface area (Å²) in [6.45, 7) is 8.11. The predicted molar refractivity (Wildman–Crippen MR) is 129 cm³/mol. The molecule has 2 N–H and O–H groups in total. The summed E-state index contributed by atoms with van der Waals surface area (Å²) in [5.41, 5.74) is 0.381. The van der Waals surface area contributed by atoms with Gasteiger partial charge >= 0.3 is 0 Å². The Balaban J connectivity index is 0.00000259. The first-order valence-electron chi connectivity index (χ1n) is 10.9. The molecule has 0 spiro atoms. The molecule has 3 heterocycles. The molecule has 1 aliphatic carbocycles. The molecule has 6 nitrogen and oxygen atoms in total. The summed E-state index contributed by atoms with van der Waals surface area (Å²) in [4.78, 5) is 8.26. The SMILES string of the molecule is CC(C)[C@@H](C)Nc1c(-c2c(F)cc(/C=C/C3[C@H]4CNC[C@@H]34)cc2F)c(Cl)nc2ncnn12.Cl. The van der Waals surface area contributed by atoms with Gasteiger partial charge in [-0.1, -0.05) is 37.6 Å². The molecule has 0 amide bonds. The van der Waals surface area contributed by atoms with Gasteiger partial charge in [-0.15, -0.1) is 12.4 Å². The average Bonchev–Trinajstić information content (AvgIpc) is 3.10. The number of piperidine rings is 1. The van der Waals surface area contributed by atoms with Crippen LogP contribution in [0.15, 0.2) is 24.5 Å². The summed E-state index contributed by atoms with van der Waals surface area (Å²) >= 11 is 6.43. The van der Waals surface area contributed by atoms with Crippen LogP contribution in [0.5, 0.6) is 0 Å². The van der Waals surface area contributed by atoms with Crippen molar-refractivity contribution in [2.45, 2.75) is 26.8 Å². The zero-order valence-electron chi connectivity index (χ0n) is 18.5. The Morgan fingerprint density at radius 1 is 1.15 bits per heavy atom. The summed E-state index contributed by atoms with van der Waals surface area (Å²) in [7, 11) is 0. The molecular weight excluding hydrogens is 469 g/mol. The van der Waals surface area contributed by atoms with Gasteiger partial charge in [0.15, 0.2) is 0 Å². The van der Waals surface area contributed by atoms with Crippen LogP contribution in [-0.4, -0.2) is 38.7 Å². The zero-order valence-corrected chi connectivity index (χ0v) is 20.1. The molecule has 2 fully saturated rings. The summed E-state index contributed by atoms with van der Waals surface area (Å²) in [5.74, 6) is 1.25. The van der Waals surface area contributed by atoms with Gasteiger partial charge in [-0.25, -0.2) is 8.78 Å². The monoisotopic (exact) mass is 494 g/mol. The highest BCUT2D eigenvalue weighted by atomic mass is 35.5. The first-order chi connectivity index (χ1) is 15.3. The second kappa shape index (κ2) is 9.16. The smallest absolute Gasteiger partial charge is 0.255 e. The van der Waals surface area contributed by atoms with Crippen LogP contribution in [0.2, 0.25) is 5.15 Å². The number of hydrogen-bond donors (Lipinski definition) is 2. The molecule has 10 heteroatoms. The number of benzene rings is 1. The minimum Gasteiger partial charge on any atom is -0.367 e. The van der Waals surface area contributed by atoms with Crippen molar-refractivity contribution in [3.8, 4) is 11.1 Å². The largest absolute Gasteiger partial charge is 0.367 e. The maximum absolute atomic E-state index is 15.3. The van der Waals surface area contributed by atoms with E-state index in [-0.39, 0.29) is 46.4 Å². The zero-order chi connectivity index (χ0) is 22.6. The Morgan fingerprint density at radius 3 is 2.45 bits per heavy atom. The van der Waals surface area contributed by atoms with Gasteiger partial charge in [0, 0.05) is 6.04 Å². The van der Waals surface area contributed by atoms with E-state index in [0.717, 1.165) is 13.1 Å². The van der Waals surface area contributed by atoms with Crippen molar-refractivity contribution in [3.63, 3.8) is 0 Å². The summed E-state index contributed by atoms with van der Waals surface area (Å²) in [5, 5.41) is 10.8. The number of anilines is 1. The molecule has 33 heavy (non-hydrogen) atoms. The number of rotatable bonds is 6. The lowest BCUT2D eigenvalue weighted by Gasteiger charge is -2.22. The minimum atomic E-state index is -0.703. The third-order valence-electron chi connectivity index (χ3n) is 6.73. The molecule has 2 aromatic heterocycles. The van der Waals surface area contributed by atoms with Crippen LogP contribution in [0.1, 0.15) is 26.3 Å². The maximum atomic E-state index is 15.3. The minimum absolute atomic E-state index is 0. The molecular formula is C23H26Cl2F2N6. The van der Waals surface area contributed by atoms with Gasteiger partial charge in [-0.05, 0) is 61.4 Å². The fourth-order valence-corrected chi connectivity index (χ4v) is 4.72. The van der Waals surface area contributed by atoms with E-state index in [1.807, 2.05) is 20.8 Å². The molecule has 1 aromatic carbocycles. The number of fused-ring (bicyclic) bond motifs is 2. The molecule has 1 saturated carbocycles. The summed E-state index contributed by atoms with van der Waals surface area (Å²) < 4.78 is 32.0. The number of halogens is 4. The molecule has 1 unspecified atom stereocenters. The number of aromatic nitrogens is 4. The Labute approximate surface area is 202 Å². The van der Waals surface area contributed by atoms with E-state index in [0.29, 0.717) is 29.1 Å². The van der Waals surface area contributed by atoms with Crippen molar-refractivity contribution >= 4 is 41.7 Å².